The molecule has 1 atom stereocenters. The number of hydrogen-bond acceptors (Lipinski definition) is 5. The van der Waals surface area contributed by atoms with E-state index in [0.29, 0.717) is 12.8 Å². The molecule has 0 spiro atoms. The van der Waals surface area contributed by atoms with Gasteiger partial charge in [0, 0.05) is 12.8 Å². The highest BCUT2D eigenvalue weighted by Crippen LogP contribution is 2.14. The van der Waals surface area contributed by atoms with Gasteiger partial charge in [0.2, 0.25) is 0 Å². The van der Waals surface area contributed by atoms with E-state index in [-0.39, 0.29) is 25.2 Å². The maximum absolute atomic E-state index is 12.2. The first-order valence-corrected chi connectivity index (χ1v) is 23.8. The van der Waals surface area contributed by atoms with Crippen molar-refractivity contribution in [1.82, 2.24) is 0 Å². The fraction of sp³-hybridized carbons (Fsp3) is 0.765. The molecule has 0 aliphatic heterocycles. The number of carbonyl (C=O) groups is 2. The molecule has 324 valence electrons. The Hall–Kier alpha value is -2.40. The molecule has 1 N–H and O–H groups in total. The maximum Gasteiger partial charge on any atom is 0.306 e. The van der Waals surface area contributed by atoms with E-state index in [1.807, 2.05) is 0 Å². The van der Waals surface area contributed by atoms with Crippen molar-refractivity contribution in [1.29, 1.82) is 0 Å². The third-order valence-electron chi connectivity index (χ3n) is 10.3. The van der Waals surface area contributed by atoms with E-state index in [0.717, 1.165) is 64.2 Å². The van der Waals surface area contributed by atoms with Gasteiger partial charge in [-0.2, -0.15) is 0 Å². The first kappa shape index (κ1) is 53.6. The van der Waals surface area contributed by atoms with E-state index in [2.05, 4.69) is 74.6 Å². The summed E-state index contributed by atoms with van der Waals surface area (Å²) < 4.78 is 10.7. The molecule has 0 aromatic heterocycles. The predicted octanol–water partition coefficient (Wildman–Crippen LogP) is 15.5. The van der Waals surface area contributed by atoms with Crippen molar-refractivity contribution in [3.05, 3.63) is 60.8 Å². The van der Waals surface area contributed by atoms with E-state index >= 15 is 0 Å². The van der Waals surface area contributed by atoms with Gasteiger partial charge in [0.25, 0.3) is 0 Å². The molecule has 0 amide bonds. The summed E-state index contributed by atoms with van der Waals surface area (Å²) in [6.45, 7) is 4.10. The molecule has 0 heterocycles. The fourth-order valence-electron chi connectivity index (χ4n) is 6.65. The van der Waals surface area contributed by atoms with Crippen molar-refractivity contribution in [3.63, 3.8) is 0 Å². The minimum Gasteiger partial charge on any atom is -0.462 e. The van der Waals surface area contributed by atoms with Gasteiger partial charge in [-0.25, -0.2) is 0 Å². The second kappa shape index (κ2) is 47.0. The van der Waals surface area contributed by atoms with Crippen LogP contribution in [0.15, 0.2) is 60.8 Å². The van der Waals surface area contributed by atoms with Gasteiger partial charge in [0.15, 0.2) is 6.10 Å². The summed E-state index contributed by atoms with van der Waals surface area (Å²) >= 11 is 0. The number of aliphatic hydroxyl groups is 1. The molecule has 0 fully saturated rings. The number of allylic oxidation sites excluding steroid dienone is 10. The van der Waals surface area contributed by atoms with Gasteiger partial charge in [-0.15, -0.1) is 0 Å². The average Bonchev–Trinajstić information content (AvgIpc) is 3.20. The smallest absolute Gasteiger partial charge is 0.306 e. The number of ether oxygens (including phenoxy) is 2. The Bertz CT molecular complexity index is 977. The van der Waals surface area contributed by atoms with Crippen LogP contribution in [-0.4, -0.2) is 36.4 Å². The lowest BCUT2D eigenvalue weighted by molar-refractivity contribution is -0.161. The molecule has 0 rings (SSSR count). The Morgan fingerprint density at radius 2 is 0.714 bits per heavy atom. The van der Waals surface area contributed by atoms with E-state index in [4.69, 9.17) is 9.47 Å². The number of aliphatic hydroxyl groups excluding tert-OH is 1. The van der Waals surface area contributed by atoms with Gasteiger partial charge in [0.1, 0.15) is 6.61 Å². The Balaban J connectivity index is 3.54. The van der Waals surface area contributed by atoms with Gasteiger partial charge < -0.3 is 14.6 Å². The highest BCUT2D eigenvalue weighted by atomic mass is 16.6. The molecule has 5 heteroatoms. The maximum atomic E-state index is 12.2. The Morgan fingerprint density at radius 1 is 0.411 bits per heavy atom. The first-order chi connectivity index (χ1) is 27.6. The SMILES string of the molecule is CCCCC/C=C\C/C=C\C/C=C\CCCCCCCCC(=O)OC(CO)COC(=O)CCCCCCCCCCCCC/C=C\C/C=C\CCCCCCC. The predicted molar refractivity (Wildman–Crippen MR) is 242 cm³/mol. The number of unbranched alkanes of at least 4 members (excludes halogenated alkanes) is 25. The Kier molecular flexibility index (Phi) is 45.0. The lowest BCUT2D eigenvalue weighted by Crippen LogP contribution is -2.28. The molecule has 0 aromatic rings. The topological polar surface area (TPSA) is 72.8 Å². The van der Waals surface area contributed by atoms with E-state index in [1.165, 1.54) is 141 Å². The first-order valence-electron chi connectivity index (χ1n) is 23.8. The second-order valence-electron chi connectivity index (χ2n) is 15.8. The Morgan fingerprint density at radius 3 is 1.11 bits per heavy atom. The summed E-state index contributed by atoms with van der Waals surface area (Å²) in [6.07, 6.45) is 61.5. The van der Waals surface area contributed by atoms with Crippen molar-refractivity contribution in [3.8, 4) is 0 Å². The molecular formula is C51H90O5. The van der Waals surface area contributed by atoms with Crippen LogP contribution in [0, 0.1) is 0 Å². The molecule has 0 saturated heterocycles. The lowest BCUT2D eigenvalue weighted by Gasteiger charge is -2.15. The molecule has 0 aliphatic rings. The zero-order valence-corrected chi connectivity index (χ0v) is 36.9. The Labute approximate surface area is 347 Å². The molecule has 1 unspecified atom stereocenters. The third-order valence-corrected chi connectivity index (χ3v) is 10.3. The fourth-order valence-corrected chi connectivity index (χ4v) is 6.65. The zero-order chi connectivity index (χ0) is 40.7. The van der Waals surface area contributed by atoms with E-state index < -0.39 is 6.10 Å². The summed E-state index contributed by atoms with van der Waals surface area (Å²) in [5, 5.41) is 9.60. The van der Waals surface area contributed by atoms with Gasteiger partial charge in [-0.05, 0) is 83.5 Å². The van der Waals surface area contributed by atoms with E-state index in [9.17, 15) is 14.7 Å². The molecule has 0 aliphatic carbocycles. The van der Waals surface area contributed by atoms with Crippen LogP contribution in [-0.2, 0) is 19.1 Å². The molecule has 56 heavy (non-hydrogen) atoms. The van der Waals surface area contributed by atoms with Gasteiger partial charge in [-0.3, -0.25) is 9.59 Å². The number of hydrogen-bond donors (Lipinski definition) is 1. The molecule has 0 saturated carbocycles. The van der Waals surface area contributed by atoms with Crippen LogP contribution in [0.2, 0.25) is 0 Å². The van der Waals surface area contributed by atoms with Crippen LogP contribution in [0.4, 0.5) is 0 Å². The molecule has 0 bridgehead atoms. The molecular weight excluding hydrogens is 693 g/mol. The number of esters is 2. The largest absolute Gasteiger partial charge is 0.462 e. The summed E-state index contributed by atoms with van der Waals surface area (Å²) in [7, 11) is 0. The van der Waals surface area contributed by atoms with E-state index in [1.54, 1.807) is 0 Å². The molecule has 5 nitrogen and oxygen atoms in total. The highest BCUT2D eigenvalue weighted by Gasteiger charge is 2.16. The van der Waals surface area contributed by atoms with Crippen molar-refractivity contribution in [2.45, 2.75) is 238 Å². The number of rotatable bonds is 43. The quantitative estimate of drug-likeness (QED) is 0.0379. The minimum absolute atomic E-state index is 0.0734. The number of carbonyl (C=O) groups excluding carboxylic acids is 2. The summed E-state index contributed by atoms with van der Waals surface area (Å²) in [5.41, 5.74) is 0. The lowest BCUT2D eigenvalue weighted by atomic mass is 10.0. The summed E-state index contributed by atoms with van der Waals surface area (Å²) in [6, 6.07) is 0. The van der Waals surface area contributed by atoms with Crippen molar-refractivity contribution in [2.75, 3.05) is 13.2 Å². The average molecular weight is 783 g/mol. The third kappa shape index (κ3) is 44.3. The van der Waals surface area contributed by atoms with Crippen LogP contribution >= 0.6 is 0 Å². The summed E-state index contributed by atoms with van der Waals surface area (Å²) in [4.78, 5) is 24.4. The van der Waals surface area contributed by atoms with Crippen LogP contribution < -0.4 is 0 Å². The standard InChI is InChI=1S/C51H90O5/c1-3-5-7-9-11-13-15-17-19-21-23-24-25-26-28-29-31-33-35-37-39-41-43-45-50(53)55-48-49(47-52)56-51(54)46-44-42-40-38-36-34-32-30-27-22-20-18-16-14-12-10-8-6-4-2/h12,14-15,17-18,20-21,23,27,30,49,52H,3-11,13,16,19,22,24-26,28-29,31-48H2,1-2H3/b14-12-,17-15-,20-18-,23-21-,30-27-. The van der Waals surface area contributed by atoms with Crippen LogP contribution in [0.1, 0.15) is 232 Å². The van der Waals surface area contributed by atoms with Crippen LogP contribution in [0.3, 0.4) is 0 Å². The molecule has 0 aromatic carbocycles. The minimum atomic E-state index is -0.781. The van der Waals surface area contributed by atoms with Crippen molar-refractivity contribution in [2.24, 2.45) is 0 Å². The van der Waals surface area contributed by atoms with Gasteiger partial charge in [-0.1, -0.05) is 197 Å². The van der Waals surface area contributed by atoms with Crippen LogP contribution in [0.25, 0.3) is 0 Å². The normalized spacial score (nSPS) is 12.7. The van der Waals surface area contributed by atoms with Crippen molar-refractivity contribution >= 4 is 11.9 Å². The van der Waals surface area contributed by atoms with Gasteiger partial charge in [0.05, 0.1) is 6.61 Å². The summed E-state index contributed by atoms with van der Waals surface area (Å²) in [5.74, 6) is -0.605. The second-order valence-corrected chi connectivity index (χ2v) is 15.8. The van der Waals surface area contributed by atoms with Gasteiger partial charge >= 0.3 is 11.9 Å². The van der Waals surface area contributed by atoms with Crippen molar-refractivity contribution < 1.29 is 24.2 Å². The zero-order valence-electron chi connectivity index (χ0n) is 36.9. The molecule has 0 radical (unpaired) electrons. The highest BCUT2D eigenvalue weighted by molar-refractivity contribution is 5.70. The van der Waals surface area contributed by atoms with Crippen LogP contribution in [0.5, 0.6) is 0 Å². The monoisotopic (exact) mass is 783 g/mol.